The van der Waals surface area contributed by atoms with Crippen molar-refractivity contribution in [2.24, 2.45) is 0 Å². The first-order valence-corrected chi connectivity index (χ1v) is 13.2. The highest BCUT2D eigenvalue weighted by Crippen LogP contribution is 2.54. The van der Waals surface area contributed by atoms with E-state index in [1.807, 2.05) is 0 Å². The lowest BCUT2D eigenvalue weighted by atomic mass is 9.65. The normalized spacial score (nSPS) is 21.5. The fraction of sp³-hybridized carbons (Fsp3) is 0.600. The van der Waals surface area contributed by atoms with E-state index in [-0.39, 0.29) is 29.6 Å². The largest absolute Gasteiger partial charge is 0.465 e. The van der Waals surface area contributed by atoms with Crippen molar-refractivity contribution >= 4 is 7.12 Å². The van der Waals surface area contributed by atoms with Gasteiger partial charge >= 0.3 is 7.12 Å². The number of hydrogen-bond acceptors (Lipinski definition) is 2. The summed E-state index contributed by atoms with van der Waals surface area (Å²) in [6, 6.07) is 14.4. The van der Waals surface area contributed by atoms with Crippen molar-refractivity contribution in [3.05, 3.63) is 58.7 Å². The van der Waals surface area contributed by atoms with Gasteiger partial charge in [-0.25, -0.2) is 0 Å². The summed E-state index contributed by atoms with van der Waals surface area (Å²) in [4.78, 5) is 0. The first kappa shape index (κ1) is 24.5. The minimum atomic E-state index is -0.305. The van der Waals surface area contributed by atoms with Gasteiger partial charge in [-0.05, 0) is 86.3 Å². The minimum absolute atomic E-state index is 0.0817. The summed E-state index contributed by atoms with van der Waals surface area (Å²) in [5, 5.41) is 0. The van der Waals surface area contributed by atoms with E-state index in [1.54, 1.807) is 0 Å². The molecule has 2 nitrogen and oxygen atoms in total. The lowest BCUT2D eigenvalue weighted by molar-refractivity contribution is 0.00578. The zero-order valence-corrected chi connectivity index (χ0v) is 22.3. The Morgan fingerprint density at radius 1 is 0.727 bits per heavy atom. The van der Waals surface area contributed by atoms with Gasteiger partial charge in [0.1, 0.15) is 0 Å². The first-order chi connectivity index (χ1) is 15.5. The van der Waals surface area contributed by atoms with Crippen molar-refractivity contribution in [1.82, 2.24) is 0 Å². The van der Waals surface area contributed by atoms with E-state index in [9.17, 15) is 0 Å². The maximum absolute atomic E-state index is 6.49. The van der Waals surface area contributed by atoms with Crippen LogP contribution in [0.15, 0.2) is 36.4 Å². The van der Waals surface area contributed by atoms with E-state index in [4.69, 9.17) is 9.31 Å². The second-order valence-corrected chi connectivity index (χ2v) is 11.3. The molecule has 0 aromatic heterocycles. The third kappa shape index (κ3) is 3.71. The summed E-state index contributed by atoms with van der Waals surface area (Å²) >= 11 is 0. The number of fused-ring (bicyclic) bond motifs is 3. The second-order valence-electron chi connectivity index (χ2n) is 11.3. The van der Waals surface area contributed by atoms with Crippen molar-refractivity contribution in [3.8, 4) is 11.1 Å². The van der Waals surface area contributed by atoms with Gasteiger partial charge < -0.3 is 9.31 Å². The van der Waals surface area contributed by atoms with Gasteiger partial charge in [0.25, 0.3) is 0 Å². The van der Waals surface area contributed by atoms with Gasteiger partial charge in [0.05, 0.1) is 11.2 Å². The SMILES string of the molecule is CCC(B1OC(C)(C)C(C)(C)O1)c1ccc2c(c1)C(CC)(CC)c1cc([C@H](C)CC)ccc1-2. The maximum Gasteiger partial charge on any atom is 0.465 e. The molecule has 0 spiro atoms. The Bertz CT molecular complexity index is 1000. The molecule has 2 atom stereocenters. The third-order valence-corrected chi connectivity index (χ3v) is 9.27. The molecule has 2 aromatic carbocycles. The monoisotopic (exact) mass is 446 g/mol. The summed E-state index contributed by atoms with van der Waals surface area (Å²) in [5.74, 6) is 0.816. The second kappa shape index (κ2) is 8.58. The van der Waals surface area contributed by atoms with Crippen LogP contribution in [0.4, 0.5) is 0 Å². The molecule has 1 saturated heterocycles. The number of benzene rings is 2. The van der Waals surface area contributed by atoms with Crippen molar-refractivity contribution in [1.29, 1.82) is 0 Å². The topological polar surface area (TPSA) is 18.5 Å². The molecule has 0 radical (unpaired) electrons. The van der Waals surface area contributed by atoms with E-state index in [0.717, 1.165) is 19.3 Å². The summed E-state index contributed by atoms with van der Waals surface area (Å²) in [6.45, 7) is 20.2. The molecule has 1 aliphatic heterocycles. The molecule has 1 unspecified atom stereocenters. The van der Waals surface area contributed by atoms with Crippen molar-refractivity contribution in [3.63, 3.8) is 0 Å². The molecular formula is C30H43BO2. The van der Waals surface area contributed by atoms with Crippen molar-refractivity contribution in [2.75, 3.05) is 0 Å². The predicted octanol–water partition coefficient (Wildman–Crippen LogP) is 8.41. The Hall–Kier alpha value is -1.58. The first-order valence-electron chi connectivity index (χ1n) is 13.2. The Balaban J connectivity index is 1.79. The summed E-state index contributed by atoms with van der Waals surface area (Å²) in [6.07, 6.45) is 4.40. The lowest BCUT2D eigenvalue weighted by Gasteiger charge is -2.32. The molecule has 0 bridgehead atoms. The van der Waals surface area contributed by atoms with Crippen molar-refractivity contribution < 1.29 is 9.31 Å². The highest BCUT2D eigenvalue weighted by atomic mass is 16.7. The fourth-order valence-electron chi connectivity index (χ4n) is 5.95. The Labute approximate surface area is 202 Å². The highest BCUT2D eigenvalue weighted by molar-refractivity contribution is 6.47. The molecule has 1 fully saturated rings. The van der Waals surface area contributed by atoms with Crippen molar-refractivity contribution in [2.45, 2.75) is 116 Å². The Morgan fingerprint density at radius 3 is 1.67 bits per heavy atom. The summed E-state index contributed by atoms with van der Waals surface area (Å²) in [5.41, 5.74) is 8.15. The van der Waals surface area contributed by atoms with E-state index < -0.39 is 0 Å². The molecule has 2 aliphatic rings. The molecule has 3 heteroatoms. The molecule has 178 valence electrons. The van der Waals surface area contributed by atoms with E-state index in [0.29, 0.717) is 5.92 Å². The van der Waals surface area contributed by atoms with Crippen LogP contribution in [0.25, 0.3) is 11.1 Å². The molecule has 2 aromatic rings. The zero-order chi connectivity index (χ0) is 24.2. The van der Waals surface area contributed by atoms with Crippen LogP contribution in [0, 0.1) is 0 Å². The molecule has 1 heterocycles. The smallest absolute Gasteiger partial charge is 0.403 e. The predicted molar refractivity (Wildman–Crippen MR) is 141 cm³/mol. The van der Waals surface area contributed by atoms with Crippen LogP contribution < -0.4 is 0 Å². The standard InChI is InChI=1S/C30H43BO2/c1-10-20(5)21-14-16-23-24-17-15-22(19-26(24)30(12-3,13-4)25(23)18-21)27(11-2)31-32-28(6,7)29(8,9)33-31/h14-20,27H,10-13H2,1-9H3/t20-,27?/m1/s1. The lowest BCUT2D eigenvalue weighted by Crippen LogP contribution is -2.41. The third-order valence-electron chi connectivity index (χ3n) is 9.27. The molecule has 0 amide bonds. The maximum atomic E-state index is 6.49. The van der Waals surface area contributed by atoms with Gasteiger partial charge in [-0.15, -0.1) is 0 Å². The van der Waals surface area contributed by atoms with Crippen LogP contribution in [0.1, 0.15) is 122 Å². The van der Waals surface area contributed by atoms with Crippen LogP contribution >= 0.6 is 0 Å². The summed E-state index contributed by atoms with van der Waals surface area (Å²) in [7, 11) is -0.212. The number of hydrogen-bond donors (Lipinski definition) is 0. The average Bonchev–Trinajstić information content (AvgIpc) is 3.19. The van der Waals surface area contributed by atoms with Crippen LogP contribution in [0.3, 0.4) is 0 Å². The van der Waals surface area contributed by atoms with Crippen LogP contribution in [0.5, 0.6) is 0 Å². The molecule has 4 rings (SSSR count). The quantitative estimate of drug-likeness (QED) is 0.398. The van der Waals surface area contributed by atoms with E-state index in [2.05, 4.69) is 98.7 Å². The molecule has 1 aliphatic carbocycles. The van der Waals surface area contributed by atoms with Crippen LogP contribution in [-0.4, -0.2) is 18.3 Å². The van der Waals surface area contributed by atoms with Gasteiger partial charge in [0.15, 0.2) is 0 Å². The minimum Gasteiger partial charge on any atom is -0.403 e. The summed E-state index contributed by atoms with van der Waals surface area (Å²) < 4.78 is 13.0. The average molecular weight is 446 g/mol. The molecule has 0 N–H and O–H groups in total. The number of rotatable bonds is 7. The Kier molecular flexibility index (Phi) is 6.38. The molecular weight excluding hydrogens is 403 g/mol. The van der Waals surface area contributed by atoms with Crippen LogP contribution in [0.2, 0.25) is 0 Å². The zero-order valence-electron chi connectivity index (χ0n) is 22.3. The van der Waals surface area contributed by atoms with Gasteiger partial charge in [0, 0.05) is 11.2 Å². The Morgan fingerprint density at radius 2 is 1.21 bits per heavy atom. The van der Waals surface area contributed by atoms with Gasteiger partial charge in [-0.1, -0.05) is 77.4 Å². The van der Waals surface area contributed by atoms with Gasteiger partial charge in [-0.3, -0.25) is 0 Å². The van der Waals surface area contributed by atoms with E-state index in [1.165, 1.54) is 39.8 Å². The van der Waals surface area contributed by atoms with Crippen LogP contribution in [-0.2, 0) is 14.7 Å². The fourth-order valence-corrected chi connectivity index (χ4v) is 5.95. The molecule has 0 saturated carbocycles. The highest BCUT2D eigenvalue weighted by Gasteiger charge is 2.54. The molecule has 33 heavy (non-hydrogen) atoms. The van der Waals surface area contributed by atoms with Gasteiger partial charge in [0.2, 0.25) is 0 Å². The van der Waals surface area contributed by atoms with E-state index >= 15 is 0 Å². The van der Waals surface area contributed by atoms with Gasteiger partial charge in [-0.2, -0.15) is 0 Å².